The molecule has 0 saturated heterocycles. The molecule has 0 aromatic heterocycles. The molecule has 1 aromatic carbocycles. The Kier molecular flexibility index (Phi) is 4.72. The maximum atomic E-state index is 10.4. The van der Waals surface area contributed by atoms with Crippen molar-refractivity contribution in [3.05, 3.63) is 29.8 Å². The summed E-state index contributed by atoms with van der Waals surface area (Å²) in [4.78, 5) is 10.4. The number of carboxylic acid groups (broad SMARTS) is 1. The average Bonchev–Trinajstić information content (AvgIpc) is 2.19. The van der Waals surface area contributed by atoms with Crippen LogP contribution in [0, 0.1) is 0 Å². The van der Waals surface area contributed by atoms with Crippen molar-refractivity contribution in [3.63, 3.8) is 0 Å². The predicted octanol–water partition coefficient (Wildman–Crippen LogP) is 1.75. The van der Waals surface area contributed by atoms with E-state index in [0.29, 0.717) is 12.8 Å². The van der Waals surface area contributed by atoms with Gasteiger partial charge in [0.25, 0.3) is 0 Å². The van der Waals surface area contributed by atoms with Gasteiger partial charge in [-0.15, -0.1) is 0 Å². The van der Waals surface area contributed by atoms with Gasteiger partial charge in [0.15, 0.2) is 5.11 Å². The molecule has 1 rings (SSSR count). The molecule has 0 aliphatic carbocycles. The van der Waals surface area contributed by atoms with Crippen molar-refractivity contribution in [2.24, 2.45) is 5.73 Å². The summed E-state index contributed by atoms with van der Waals surface area (Å²) in [6, 6.07) is 7.58. The fourth-order valence-corrected chi connectivity index (χ4v) is 1.53. The molecule has 86 valence electrons. The van der Waals surface area contributed by atoms with Gasteiger partial charge in [-0.3, -0.25) is 4.79 Å². The number of hydrogen-bond donors (Lipinski definition) is 3. The summed E-state index contributed by atoms with van der Waals surface area (Å²) in [5.41, 5.74) is 7.27. The highest BCUT2D eigenvalue weighted by atomic mass is 32.1. The molecule has 0 heterocycles. The fraction of sp³-hybridized carbons (Fsp3) is 0.273. The first-order chi connectivity index (χ1) is 7.59. The number of aryl methyl sites for hydroxylation is 1. The summed E-state index contributed by atoms with van der Waals surface area (Å²) in [5.74, 6) is -0.778. The van der Waals surface area contributed by atoms with Gasteiger partial charge < -0.3 is 16.2 Å². The summed E-state index contributed by atoms with van der Waals surface area (Å²) in [5, 5.41) is 11.6. The highest BCUT2D eigenvalue weighted by Crippen LogP contribution is 2.17. The first kappa shape index (κ1) is 12.4. The number of carbonyl (C=O) groups is 1. The Hall–Kier alpha value is -1.62. The summed E-state index contributed by atoms with van der Waals surface area (Å²) < 4.78 is 0. The van der Waals surface area contributed by atoms with Crippen LogP contribution in [0.3, 0.4) is 0 Å². The maximum Gasteiger partial charge on any atom is 0.303 e. The summed E-state index contributed by atoms with van der Waals surface area (Å²) in [7, 11) is 0. The minimum Gasteiger partial charge on any atom is -0.481 e. The van der Waals surface area contributed by atoms with E-state index < -0.39 is 5.97 Å². The molecule has 0 saturated carbocycles. The van der Waals surface area contributed by atoms with Crippen LogP contribution in [-0.4, -0.2) is 16.2 Å². The molecule has 0 unspecified atom stereocenters. The second-order valence-corrected chi connectivity index (χ2v) is 3.83. The number of thiocarbonyl (C=S) groups is 1. The summed E-state index contributed by atoms with van der Waals surface area (Å²) in [6.07, 6.45) is 1.46. The Morgan fingerprint density at radius 2 is 2.12 bits per heavy atom. The molecule has 0 amide bonds. The van der Waals surface area contributed by atoms with Crippen molar-refractivity contribution < 1.29 is 9.90 Å². The van der Waals surface area contributed by atoms with Crippen molar-refractivity contribution in [1.29, 1.82) is 0 Å². The zero-order valence-electron chi connectivity index (χ0n) is 8.77. The molecule has 0 spiro atoms. The van der Waals surface area contributed by atoms with Crippen LogP contribution in [0.15, 0.2) is 24.3 Å². The van der Waals surface area contributed by atoms with Gasteiger partial charge in [-0.05, 0) is 36.7 Å². The normalized spacial score (nSPS) is 9.75. The molecule has 0 fully saturated rings. The molecule has 0 radical (unpaired) electrons. The van der Waals surface area contributed by atoms with Crippen molar-refractivity contribution >= 4 is 29.0 Å². The highest BCUT2D eigenvalue weighted by molar-refractivity contribution is 7.80. The Labute approximate surface area is 99.5 Å². The minimum absolute atomic E-state index is 0.168. The van der Waals surface area contributed by atoms with Crippen LogP contribution in [0.5, 0.6) is 0 Å². The molecular formula is C11H14N2O2S. The van der Waals surface area contributed by atoms with E-state index in [9.17, 15) is 4.79 Å². The Morgan fingerprint density at radius 3 is 2.75 bits per heavy atom. The maximum absolute atomic E-state index is 10.4. The van der Waals surface area contributed by atoms with E-state index in [-0.39, 0.29) is 11.5 Å². The van der Waals surface area contributed by atoms with Crippen LogP contribution in [0.25, 0.3) is 0 Å². The molecule has 0 aliphatic heterocycles. The van der Waals surface area contributed by atoms with Gasteiger partial charge in [-0.1, -0.05) is 18.2 Å². The van der Waals surface area contributed by atoms with Gasteiger partial charge >= 0.3 is 5.97 Å². The van der Waals surface area contributed by atoms with Crippen LogP contribution in [0.2, 0.25) is 0 Å². The quantitative estimate of drug-likeness (QED) is 0.681. The number of carboxylic acids is 1. The predicted molar refractivity (Wildman–Crippen MR) is 67.4 cm³/mol. The molecule has 4 nitrogen and oxygen atoms in total. The number of aliphatic carboxylic acids is 1. The van der Waals surface area contributed by atoms with Crippen LogP contribution < -0.4 is 11.1 Å². The Bertz CT molecular complexity index is 393. The van der Waals surface area contributed by atoms with Gasteiger partial charge in [0.2, 0.25) is 0 Å². The van der Waals surface area contributed by atoms with Crippen molar-refractivity contribution in [2.45, 2.75) is 19.3 Å². The molecule has 0 aliphatic rings. The lowest BCUT2D eigenvalue weighted by Crippen LogP contribution is -2.19. The van der Waals surface area contributed by atoms with E-state index in [1.807, 2.05) is 24.3 Å². The number of para-hydroxylation sites is 1. The van der Waals surface area contributed by atoms with Gasteiger partial charge in [-0.2, -0.15) is 0 Å². The minimum atomic E-state index is -0.778. The SMILES string of the molecule is NC(=S)Nc1ccccc1CCCC(=O)O. The van der Waals surface area contributed by atoms with Gasteiger partial charge in [0, 0.05) is 12.1 Å². The van der Waals surface area contributed by atoms with Crippen LogP contribution >= 0.6 is 12.2 Å². The summed E-state index contributed by atoms with van der Waals surface area (Å²) in [6.45, 7) is 0. The smallest absolute Gasteiger partial charge is 0.303 e. The van der Waals surface area contributed by atoms with Crippen LogP contribution in [-0.2, 0) is 11.2 Å². The zero-order chi connectivity index (χ0) is 12.0. The standard InChI is InChI=1S/C11H14N2O2S/c12-11(16)13-9-6-2-1-4-8(9)5-3-7-10(14)15/h1-2,4,6H,3,5,7H2,(H,14,15)(H3,12,13,16). The molecule has 4 N–H and O–H groups in total. The Balaban J connectivity index is 2.63. The Morgan fingerprint density at radius 1 is 1.44 bits per heavy atom. The molecule has 0 atom stereocenters. The largest absolute Gasteiger partial charge is 0.481 e. The number of nitrogens with one attached hydrogen (secondary N) is 1. The second kappa shape index (κ2) is 6.07. The molecule has 1 aromatic rings. The highest BCUT2D eigenvalue weighted by Gasteiger charge is 2.03. The first-order valence-corrected chi connectivity index (χ1v) is 5.36. The fourth-order valence-electron chi connectivity index (χ4n) is 1.42. The van der Waals surface area contributed by atoms with Gasteiger partial charge in [0.1, 0.15) is 0 Å². The van der Waals surface area contributed by atoms with Gasteiger partial charge in [-0.25, -0.2) is 0 Å². The molecule has 16 heavy (non-hydrogen) atoms. The lowest BCUT2D eigenvalue weighted by molar-refractivity contribution is -0.137. The number of anilines is 1. The third-order valence-electron chi connectivity index (χ3n) is 2.11. The van der Waals surface area contributed by atoms with E-state index in [1.54, 1.807) is 0 Å². The van der Waals surface area contributed by atoms with Crippen molar-refractivity contribution in [1.82, 2.24) is 0 Å². The van der Waals surface area contributed by atoms with Crippen molar-refractivity contribution in [3.8, 4) is 0 Å². The molecule has 0 bridgehead atoms. The third kappa shape index (κ3) is 4.27. The molecular weight excluding hydrogens is 224 g/mol. The number of benzene rings is 1. The van der Waals surface area contributed by atoms with Gasteiger partial charge in [0.05, 0.1) is 0 Å². The third-order valence-corrected chi connectivity index (χ3v) is 2.21. The lowest BCUT2D eigenvalue weighted by Gasteiger charge is -2.09. The summed E-state index contributed by atoms with van der Waals surface area (Å²) >= 11 is 4.76. The average molecular weight is 238 g/mol. The van der Waals surface area contributed by atoms with Crippen LogP contribution in [0.1, 0.15) is 18.4 Å². The van der Waals surface area contributed by atoms with E-state index in [4.69, 9.17) is 23.1 Å². The van der Waals surface area contributed by atoms with E-state index in [1.165, 1.54) is 0 Å². The number of nitrogens with two attached hydrogens (primary N) is 1. The zero-order valence-corrected chi connectivity index (χ0v) is 9.59. The van der Waals surface area contributed by atoms with E-state index >= 15 is 0 Å². The topological polar surface area (TPSA) is 75.3 Å². The van der Waals surface area contributed by atoms with Crippen molar-refractivity contribution in [2.75, 3.05) is 5.32 Å². The monoisotopic (exact) mass is 238 g/mol. The first-order valence-electron chi connectivity index (χ1n) is 4.95. The van der Waals surface area contributed by atoms with E-state index in [0.717, 1.165) is 11.3 Å². The molecule has 5 heteroatoms. The lowest BCUT2D eigenvalue weighted by atomic mass is 10.1. The number of rotatable bonds is 5. The van der Waals surface area contributed by atoms with Crippen LogP contribution in [0.4, 0.5) is 5.69 Å². The number of hydrogen-bond acceptors (Lipinski definition) is 2. The van der Waals surface area contributed by atoms with E-state index in [2.05, 4.69) is 5.32 Å². The second-order valence-electron chi connectivity index (χ2n) is 3.39.